The summed E-state index contributed by atoms with van der Waals surface area (Å²) in [6.07, 6.45) is 0.0972. The lowest BCUT2D eigenvalue weighted by Gasteiger charge is -2.15. The van der Waals surface area contributed by atoms with Gasteiger partial charge in [0.25, 0.3) is 0 Å². The van der Waals surface area contributed by atoms with Gasteiger partial charge in [-0.15, -0.1) is 12.4 Å². The van der Waals surface area contributed by atoms with Crippen LogP contribution in [0.5, 0.6) is 0 Å². The Bertz CT molecular complexity index is 108. The van der Waals surface area contributed by atoms with Gasteiger partial charge in [-0.05, 0) is 13.8 Å². The lowest BCUT2D eigenvalue weighted by molar-refractivity contribution is -0.137. The standard InChI is InChI=1S/C6H13NO2.ClH/c1-6(2)8-4-5(3-7)9-6;/h5H,3-4,7H2,1-2H3;1H. The Labute approximate surface area is 67.3 Å². The van der Waals surface area contributed by atoms with Gasteiger partial charge in [-0.3, -0.25) is 0 Å². The summed E-state index contributed by atoms with van der Waals surface area (Å²) in [5, 5.41) is 0. The van der Waals surface area contributed by atoms with Gasteiger partial charge in [0, 0.05) is 6.54 Å². The molecule has 1 aliphatic rings. The van der Waals surface area contributed by atoms with Crippen LogP contribution in [0.25, 0.3) is 0 Å². The van der Waals surface area contributed by atoms with Crippen LogP contribution in [0.1, 0.15) is 13.8 Å². The van der Waals surface area contributed by atoms with Gasteiger partial charge in [0.1, 0.15) is 0 Å². The van der Waals surface area contributed by atoms with E-state index in [2.05, 4.69) is 0 Å². The average molecular weight is 168 g/mol. The molecule has 4 heteroatoms. The molecule has 1 unspecified atom stereocenters. The van der Waals surface area contributed by atoms with Crippen LogP contribution in [-0.4, -0.2) is 25.0 Å². The summed E-state index contributed by atoms with van der Waals surface area (Å²) < 4.78 is 10.6. The van der Waals surface area contributed by atoms with Crippen molar-refractivity contribution < 1.29 is 9.47 Å². The summed E-state index contributed by atoms with van der Waals surface area (Å²) in [6, 6.07) is 0. The second kappa shape index (κ2) is 3.53. The van der Waals surface area contributed by atoms with Gasteiger partial charge in [0.2, 0.25) is 0 Å². The van der Waals surface area contributed by atoms with E-state index in [4.69, 9.17) is 15.2 Å². The molecule has 3 nitrogen and oxygen atoms in total. The highest BCUT2D eigenvalue weighted by Crippen LogP contribution is 2.20. The lowest BCUT2D eigenvalue weighted by Crippen LogP contribution is -2.26. The Kier molecular flexibility index (Phi) is 3.59. The maximum atomic E-state index is 5.35. The van der Waals surface area contributed by atoms with Gasteiger partial charge < -0.3 is 15.2 Å². The number of hydrogen-bond donors (Lipinski definition) is 1. The topological polar surface area (TPSA) is 44.5 Å². The van der Waals surface area contributed by atoms with Gasteiger partial charge in [-0.2, -0.15) is 0 Å². The molecule has 0 bridgehead atoms. The summed E-state index contributed by atoms with van der Waals surface area (Å²) >= 11 is 0. The Balaban J connectivity index is 0.000000810. The molecule has 1 heterocycles. The van der Waals surface area contributed by atoms with Gasteiger partial charge in [-0.1, -0.05) is 0 Å². The van der Waals surface area contributed by atoms with Crippen LogP contribution in [0.15, 0.2) is 0 Å². The molecule has 0 saturated carbocycles. The van der Waals surface area contributed by atoms with E-state index in [1.165, 1.54) is 0 Å². The van der Waals surface area contributed by atoms with E-state index in [0.29, 0.717) is 13.2 Å². The van der Waals surface area contributed by atoms with Crippen molar-refractivity contribution in [2.24, 2.45) is 5.73 Å². The molecule has 0 aliphatic carbocycles. The van der Waals surface area contributed by atoms with Crippen molar-refractivity contribution in [3.8, 4) is 0 Å². The number of rotatable bonds is 1. The van der Waals surface area contributed by atoms with Crippen LogP contribution in [-0.2, 0) is 9.47 Å². The Morgan fingerprint density at radius 3 is 2.40 bits per heavy atom. The number of hydrogen-bond acceptors (Lipinski definition) is 3. The van der Waals surface area contributed by atoms with Crippen LogP contribution in [0.2, 0.25) is 0 Å². The van der Waals surface area contributed by atoms with E-state index < -0.39 is 5.79 Å². The van der Waals surface area contributed by atoms with Gasteiger partial charge >= 0.3 is 0 Å². The minimum absolute atomic E-state index is 0. The molecule has 1 saturated heterocycles. The van der Waals surface area contributed by atoms with E-state index in [-0.39, 0.29) is 18.5 Å². The second-order valence-electron chi connectivity index (χ2n) is 2.69. The Morgan fingerprint density at radius 2 is 2.20 bits per heavy atom. The molecule has 0 amide bonds. The molecule has 62 valence electrons. The van der Waals surface area contributed by atoms with E-state index in [1.54, 1.807) is 0 Å². The maximum Gasteiger partial charge on any atom is 0.163 e. The van der Waals surface area contributed by atoms with E-state index in [9.17, 15) is 0 Å². The van der Waals surface area contributed by atoms with E-state index >= 15 is 0 Å². The van der Waals surface area contributed by atoms with E-state index in [1.807, 2.05) is 13.8 Å². The summed E-state index contributed by atoms with van der Waals surface area (Å²) in [5.74, 6) is -0.413. The first-order valence-electron chi connectivity index (χ1n) is 3.16. The fraction of sp³-hybridized carbons (Fsp3) is 1.00. The molecule has 1 rings (SSSR count). The third kappa shape index (κ3) is 2.42. The van der Waals surface area contributed by atoms with Gasteiger partial charge in [0.15, 0.2) is 5.79 Å². The molecular formula is C6H14ClNO2. The Hall–Kier alpha value is 0.170. The van der Waals surface area contributed by atoms with Crippen molar-refractivity contribution in [3.63, 3.8) is 0 Å². The first-order valence-corrected chi connectivity index (χ1v) is 3.16. The number of halogens is 1. The molecule has 1 aliphatic heterocycles. The smallest absolute Gasteiger partial charge is 0.163 e. The van der Waals surface area contributed by atoms with Crippen molar-refractivity contribution in [2.45, 2.75) is 25.7 Å². The minimum Gasteiger partial charge on any atom is -0.348 e. The first-order chi connectivity index (χ1) is 4.14. The largest absolute Gasteiger partial charge is 0.348 e. The molecule has 0 aromatic rings. The minimum atomic E-state index is -0.413. The molecule has 10 heavy (non-hydrogen) atoms. The SMILES string of the molecule is CC1(C)OCC(CN)O1.Cl. The van der Waals surface area contributed by atoms with Crippen molar-refractivity contribution >= 4 is 12.4 Å². The zero-order valence-corrected chi connectivity index (χ0v) is 7.11. The first kappa shape index (κ1) is 10.2. The highest BCUT2D eigenvalue weighted by Gasteiger charge is 2.31. The van der Waals surface area contributed by atoms with Crippen LogP contribution in [0.4, 0.5) is 0 Å². The summed E-state index contributed by atoms with van der Waals surface area (Å²) in [5.41, 5.74) is 5.35. The molecule has 0 radical (unpaired) electrons. The van der Waals surface area contributed by atoms with Crippen LogP contribution >= 0.6 is 12.4 Å². The van der Waals surface area contributed by atoms with Crippen molar-refractivity contribution in [2.75, 3.05) is 13.2 Å². The van der Waals surface area contributed by atoms with Crippen LogP contribution in [0, 0.1) is 0 Å². The van der Waals surface area contributed by atoms with Gasteiger partial charge in [0.05, 0.1) is 12.7 Å². The Morgan fingerprint density at radius 1 is 1.60 bits per heavy atom. The predicted octanol–water partition coefficient (Wildman–Crippen LogP) is 0.518. The van der Waals surface area contributed by atoms with Crippen LogP contribution < -0.4 is 5.73 Å². The molecule has 0 aromatic carbocycles. The molecule has 0 aromatic heterocycles. The summed E-state index contributed by atoms with van der Waals surface area (Å²) in [4.78, 5) is 0. The molecular weight excluding hydrogens is 154 g/mol. The predicted molar refractivity (Wildman–Crippen MR) is 41.2 cm³/mol. The third-order valence-corrected chi connectivity index (χ3v) is 1.33. The fourth-order valence-electron chi connectivity index (χ4n) is 0.879. The van der Waals surface area contributed by atoms with E-state index in [0.717, 1.165) is 0 Å². The molecule has 2 N–H and O–H groups in total. The summed E-state index contributed by atoms with van der Waals surface area (Å²) in [6.45, 7) is 4.96. The third-order valence-electron chi connectivity index (χ3n) is 1.33. The van der Waals surface area contributed by atoms with Crippen molar-refractivity contribution in [3.05, 3.63) is 0 Å². The zero-order chi connectivity index (χ0) is 6.91. The highest BCUT2D eigenvalue weighted by molar-refractivity contribution is 5.85. The average Bonchev–Trinajstić information content (AvgIpc) is 2.10. The zero-order valence-electron chi connectivity index (χ0n) is 6.29. The van der Waals surface area contributed by atoms with Crippen molar-refractivity contribution in [1.29, 1.82) is 0 Å². The molecule has 1 fully saturated rings. The summed E-state index contributed by atoms with van der Waals surface area (Å²) in [7, 11) is 0. The number of nitrogens with two attached hydrogens (primary N) is 1. The molecule has 1 atom stereocenters. The molecule has 0 spiro atoms. The second-order valence-corrected chi connectivity index (χ2v) is 2.69. The normalized spacial score (nSPS) is 29.7. The van der Waals surface area contributed by atoms with Crippen molar-refractivity contribution in [1.82, 2.24) is 0 Å². The quantitative estimate of drug-likeness (QED) is 0.620. The number of ether oxygens (including phenoxy) is 2. The fourth-order valence-corrected chi connectivity index (χ4v) is 0.879. The maximum absolute atomic E-state index is 5.35. The highest BCUT2D eigenvalue weighted by atomic mass is 35.5. The van der Waals surface area contributed by atoms with Gasteiger partial charge in [-0.25, -0.2) is 0 Å². The lowest BCUT2D eigenvalue weighted by atomic mass is 10.4. The van der Waals surface area contributed by atoms with Crippen LogP contribution in [0.3, 0.4) is 0 Å². The monoisotopic (exact) mass is 167 g/mol.